The number of halogens is 2. The molecule has 106 valence electrons. The highest BCUT2D eigenvalue weighted by Gasteiger charge is 2.25. The van der Waals surface area contributed by atoms with E-state index in [9.17, 15) is 0 Å². The first-order valence-electron chi connectivity index (χ1n) is 6.52. The zero-order valence-corrected chi connectivity index (χ0v) is 13.2. The summed E-state index contributed by atoms with van der Waals surface area (Å²) in [7, 11) is 0. The number of thiophene rings is 1. The molecule has 1 N–H and O–H groups in total. The molecule has 6 heteroatoms. The van der Waals surface area contributed by atoms with Crippen molar-refractivity contribution in [3.8, 4) is 0 Å². The number of hydrogen-bond acceptors (Lipinski definition) is 4. The van der Waals surface area contributed by atoms with Gasteiger partial charge in [0, 0.05) is 44.6 Å². The van der Waals surface area contributed by atoms with Crippen LogP contribution in [-0.2, 0) is 6.54 Å². The summed E-state index contributed by atoms with van der Waals surface area (Å²) >= 11 is 13.8. The van der Waals surface area contributed by atoms with Crippen LogP contribution < -0.4 is 5.32 Å². The Morgan fingerprint density at radius 3 is 3.05 bits per heavy atom. The van der Waals surface area contributed by atoms with Crippen molar-refractivity contribution in [2.24, 2.45) is 0 Å². The van der Waals surface area contributed by atoms with Crippen molar-refractivity contribution in [1.82, 2.24) is 15.2 Å². The second-order valence-electron chi connectivity index (χ2n) is 4.83. The summed E-state index contributed by atoms with van der Waals surface area (Å²) in [5, 5.41) is 6.19. The first-order chi connectivity index (χ1) is 9.75. The molecule has 1 aliphatic rings. The molecule has 0 saturated carbocycles. The molecule has 3 rings (SSSR count). The van der Waals surface area contributed by atoms with Crippen LogP contribution in [0.2, 0.25) is 9.36 Å². The van der Waals surface area contributed by atoms with Gasteiger partial charge in [0.2, 0.25) is 0 Å². The minimum Gasteiger partial charge on any atom is -0.314 e. The minimum atomic E-state index is 0.326. The van der Waals surface area contributed by atoms with Crippen molar-refractivity contribution >= 4 is 34.5 Å². The predicted octanol–water partition coefficient (Wildman–Crippen LogP) is 3.60. The maximum absolute atomic E-state index is 6.25. The van der Waals surface area contributed by atoms with Crippen LogP contribution in [0.3, 0.4) is 0 Å². The maximum atomic E-state index is 6.25. The molecule has 1 aliphatic heterocycles. The van der Waals surface area contributed by atoms with Gasteiger partial charge in [-0.3, -0.25) is 9.88 Å². The summed E-state index contributed by atoms with van der Waals surface area (Å²) in [4.78, 5) is 6.65. The number of rotatable bonds is 3. The monoisotopic (exact) mass is 327 g/mol. The van der Waals surface area contributed by atoms with Crippen LogP contribution in [0.15, 0.2) is 29.9 Å². The minimum absolute atomic E-state index is 0.326. The molecule has 1 fully saturated rings. The number of aromatic nitrogens is 1. The van der Waals surface area contributed by atoms with E-state index in [0.29, 0.717) is 15.4 Å². The zero-order chi connectivity index (χ0) is 13.9. The summed E-state index contributed by atoms with van der Waals surface area (Å²) < 4.78 is 0.676. The number of piperazine rings is 1. The molecule has 3 nitrogen and oxygen atoms in total. The summed E-state index contributed by atoms with van der Waals surface area (Å²) in [5.41, 5.74) is 2.34. The van der Waals surface area contributed by atoms with Crippen LogP contribution in [0, 0.1) is 0 Å². The Kier molecular flexibility index (Phi) is 4.58. The second-order valence-corrected chi connectivity index (χ2v) is 6.69. The summed E-state index contributed by atoms with van der Waals surface area (Å²) in [6, 6.07) is 4.43. The quantitative estimate of drug-likeness (QED) is 0.933. The molecule has 0 spiro atoms. The summed E-state index contributed by atoms with van der Waals surface area (Å²) in [6.07, 6.45) is 3.74. The molecule has 0 bridgehead atoms. The third-order valence-corrected chi connectivity index (χ3v) is 5.47. The third-order valence-electron chi connectivity index (χ3n) is 3.56. The molecule has 1 atom stereocenters. The molecule has 0 aliphatic carbocycles. The number of pyridine rings is 1. The third kappa shape index (κ3) is 3.00. The summed E-state index contributed by atoms with van der Waals surface area (Å²) in [6.45, 7) is 3.74. The fourth-order valence-electron chi connectivity index (χ4n) is 2.52. The Hall–Kier alpha value is -0.650. The Bertz CT molecular complexity index is 573. The Labute approximate surface area is 132 Å². The van der Waals surface area contributed by atoms with E-state index in [1.165, 1.54) is 16.9 Å². The van der Waals surface area contributed by atoms with Crippen LogP contribution >= 0.6 is 34.5 Å². The average Bonchev–Trinajstić information content (AvgIpc) is 2.81. The van der Waals surface area contributed by atoms with Gasteiger partial charge in [-0.1, -0.05) is 29.3 Å². The van der Waals surface area contributed by atoms with Gasteiger partial charge >= 0.3 is 0 Å². The van der Waals surface area contributed by atoms with E-state index in [-0.39, 0.29) is 0 Å². The molecule has 1 saturated heterocycles. The topological polar surface area (TPSA) is 28.2 Å². The lowest BCUT2D eigenvalue weighted by atomic mass is 10.0. The molecular formula is C14H15Cl2N3S. The first-order valence-corrected chi connectivity index (χ1v) is 8.15. The molecule has 20 heavy (non-hydrogen) atoms. The van der Waals surface area contributed by atoms with E-state index in [0.717, 1.165) is 31.7 Å². The van der Waals surface area contributed by atoms with Crippen LogP contribution in [0.5, 0.6) is 0 Å². The van der Waals surface area contributed by atoms with Crippen molar-refractivity contribution in [3.63, 3.8) is 0 Å². The lowest BCUT2D eigenvalue weighted by Gasteiger charge is -2.36. The van der Waals surface area contributed by atoms with Crippen LogP contribution in [0.4, 0.5) is 0 Å². The molecule has 3 heterocycles. The largest absolute Gasteiger partial charge is 0.314 e. The van der Waals surface area contributed by atoms with Crippen molar-refractivity contribution in [3.05, 3.63) is 50.4 Å². The maximum Gasteiger partial charge on any atom is 0.112 e. The highest BCUT2D eigenvalue weighted by molar-refractivity contribution is 7.15. The van der Waals surface area contributed by atoms with Gasteiger partial charge in [-0.2, -0.15) is 0 Å². The molecule has 2 aromatic heterocycles. The van der Waals surface area contributed by atoms with Crippen LogP contribution in [0.1, 0.15) is 17.2 Å². The molecule has 0 radical (unpaired) electrons. The zero-order valence-electron chi connectivity index (χ0n) is 10.9. The lowest BCUT2D eigenvalue weighted by Crippen LogP contribution is -2.45. The predicted molar refractivity (Wildman–Crippen MR) is 84.6 cm³/mol. The van der Waals surface area contributed by atoms with Gasteiger partial charge in [0.15, 0.2) is 0 Å². The smallest absolute Gasteiger partial charge is 0.112 e. The van der Waals surface area contributed by atoms with Crippen LogP contribution in [0.25, 0.3) is 0 Å². The van der Waals surface area contributed by atoms with Gasteiger partial charge in [0.05, 0.1) is 5.02 Å². The van der Waals surface area contributed by atoms with Gasteiger partial charge in [-0.15, -0.1) is 11.3 Å². The molecule has 0 amide bonds. The Morgan fingerprint density at radius 1 is 1.45 bits per heavy atom. The number of hydrogen-bond donors (Lipinski definition) is 1. The highest BCUT2D eigenvalue weighted by atomic mass is 35.5. The number of nitrogens with zero attached hydrogens (tertiary/aromatic N) is 2. The SMILES string of the molecule is Clc1scc(CN2CCNCC2c2cccnc2)c1Cl. The van der Waals surface area contributed by atoms with Gasteiger partial charge in [0.25, 0.3) is 0 Å². The van der Waals surface area contributed by atoms with Gasteiger partial charge in [0.1, 0.15) is 4.34 Å². The van der Waals surface area contributed by atoms with E-state index in [2.05, 4.69) is 21.3 Å². The lowest BCUT2D eigenvalue weighted by molar-refractivity contribution is 0.153. The molecule has 2 aromatic rings. The van der Waals surface area contributed by atoms with Crippen molar-refractivity contribution < 1.29 is 0 Å². The Morgan fingerprint density at radius 2 is 2.35 bits per heavy atom. The highest BCUT2D eigenvalue weighted by Crippen LogP contribution is 2.34. The summed E-state index contributed by atoms with van der Waals surface area (Å²) in [5.74, 6) is 0. The first kappa shape index (κ1) is 14.3. The Balaban J connectivity index is 1.81. The average molecular weight is 328 g/mol. The van der Waals surface area contributed by atoms with E-state index >= 15 is 0 Å². The van der Waals surface area contributed by atoms with Crippen molar-refractivity contribution in [1.29, 1.82) is 0 Å². The van der Waals surface area contributed by atoms with Crippen LogP contribution in [-0.4, -0.2) is 29.5 Å². The van der Waals surface area contributed by atoms with E-state index < -0.39 is 0 Å². The molecular weight excluding hydrogens is 313 g/mol. The molecule has 0 aromatic carbocycles. The fraction of sp³-hybridized carbons (Fsp3) is 0.357. The van der Waals surface area contributed by atoms with E-state index in [4.69, 9.17) is 23.2 Å². The fourth-order valence-corrected chi connectivity index (χ4v) is 3.76. The van der Waals surface area contributed by atoms with Gasteiger partial charge < -0.3 is 5.32 Å². The van der Waals surface area contributed by atoms with Crippen molar-refractivity contribution in [2.45, 2.75) is 12.6 Å². The number of nitrogens with one attached hydrogen (secondary N) is 1. The van der Waals surface area contributed by atoms with E-state index in [1.807, 2.05) is 17.6 Å². The second kappa shape index (κ2) is 6.41. The van der Waals surface area contributed by atoms with E-state index in [1.54, 1.807) is 6.20 Å². The normalized spacial score (nSPS) is 20.2. The van der Waals surface area contributed by atoms with Gasteiger partial charge in [-0.05, 0) is 22.6 Å². The van der Waals surface area contributed by atoms with Crippen molar-refractivity contribution in [2.75, 3.05) is 19.6 Å². The molecule has 1 unspecified atom stereocenters. The van der Waals surface area contributed by atoms with Gasteiger partial charge in [-0.25, -0.2) is 0 Å². The standard InChI is InChI=1S/C14H15Cl2N3S/c15-13-11(9-20-14(13)16)8-19-5-4-18-7-12(19)10-2-1-3-17-6-10/h1-3,6,9,12,18H,4-5,7-8H2.